The zero-order valence-electron chi connectivity index (χ0n) is 19.8. The molecular weight excluding hydrogens is 641 g/mol. The molecule has 0 saturated heterocycles. The maximum Gasteiger partial charge on any atom is 0.282 e. The zero-order valence-corrected chi connectivity index (χ0v) is 24.4. The van der Waals surface area contributed by atoms with Crippen LogP contribution in [0.25, 0.3) is 10.9 Å². The van der Waals surface area contributed by atoms with E-state index < -0.39 is 0 Å². The van der Waals surface area contributed by atoms with E-state index in [-0.39, 0.29) is 18.1 Å². The molecular formula is C28H23Br2Cl2N3O2. The first-order valence-corrected chi connectivity index (χ1v) is 14.4. The van der Waals surface area contributed by atoms with Crippen LogP contribution < -0.4 is 10.3 Å². The molecule has 190 valence electrons. The van der Waals surface area contributed by atoms with Crippen molar-refractivity contribution in [3.63, 3.8) is 0 Å². The molecule has 5 rings (SSSR count). The van der Waals surface area contributed by atoms with Crippen LogP contribution >= 0.6 is 55.1 Å². The van der Waals surface area contributed by atoms with E-state index in [1.807, 2.05) is 36.4 Å². The number of fused-ring (bicyclic) bond motifs is 1. The van der Waals surface area contributed by atoms with Crippen molar-refractivity contribution in [1.29, 1.82) is 0 Å². The third kappa shape index (κ3) is 6.11. The summed E-state index contributed by atoms with van der Waals surface area (Å²) in [4.78, 5) is 18.5. The Hall–Kier alpha value is -2.19. The Kier molecular flexibility index (Phi) is 8.34. The van der Waals surface area contributed by atoms with Crippen LogP contribution in [0.5, 0.6) is 5.75 Å². The van der Waals surface area contributed by atoms with E-state index in [4.69, 9.17) is 32.9 Å². The van der Waals surface area contributed by atoms with Gasteiger partial charge in [-0.15, -0.1) is 0 Å². The van der Waals surface area contributed by atoms with Gasteiger partial charge in [0.1, 0.15) is 18.2 Å². The number of hydrogen-bond acceptors (Lipinski definition) is 4. The Morgan fingerprint density at radius 3 is 2.54 bits per heavy atom. The lowest BCUT2D eigenvalue weighted by Gasteiger charge is -2.22. The number of benzene rings is 3. The minimum Gasteiger partial charge on any atom is -0.488 e. The molecule has 1 fully saturated rings. The lowest BCUT2D eigenvalue weighted by atomic mass is 9.88. The van der Waals surface area contributed by atoms with Crippen LogP contribution in [0.1, 0.15) is 55.0 Å². The summed E-state index contributed by atoms with van der Waals surface area (Å²) in [5.74, 6) is 1.51. The summed E-state index contributed by atoms with van der Waals surface area (Å²) in [5.41, 5.74) is 2.03. The minimum atomic E-state index is -0.187. The molecule has 0 amide bonds. The molecule has 0 unspecified atom stereocenters. The molecule has 0 N–H and O–H groups in total. The number of hydrogen-bond donors (Lipinski definition) is 0. The Morgan fingerprint density at radius 2 is 1.76 bits per heavy atom. The van der Waals surface area contributed by atoms with Crippen molar-refractivity contribution in [2.75, 3.05) is 0 Å². The average Bonchev–Trinajstić information content (AvgIpc) is 2.89. The van der Waals surface area contributed by atoms with E-state index in [2.05, 4.69) is 37.0 Å². The lowest BCUT2D eigenvalue weighted by Crippen LogP contribution is -2.25. The highest BCUT2D eigenvalue weighted by Gasteiger charge is 2.22. The van der Waals surface area contributed by atoms with Crippen LogP contribution in [0.3, 0.4) is 0 Å². The van der Waals surface area contributed by atoms with Gasteiger partial charge in [-0.3, -0.25) is 4.79 Å². The number of rotatable bonds is 6. The zero-order chi connectivity index (χ0) is 25.9. The monoisotopic (exact) mass is 661 g/mol. The molecule has 4 aromatic rings. The molecule has 0 atom stereocenters. The van der Waals surface area contributed by atoms with Crippen LogP contribution in [0.15, 0.2) is 73.4 Å². The van der Waals surface area contributed by atoms with Gasteiger partial charge in [0.2, 0.25) is 0 Å². The van der Waals surface area contributed by atoms with Crippen LogP contribution in [0, 0.1) is 0 Å². The van der Waals surface area contributed by atoms with E-state index in [0.29, 0.717) is 32.5 Å². The quantitative estimate of drug-likeness (QED) is 0.194. The highest BCUT2D eigenvalue weighted by Crippen LogP contribution is 2.32. The second kappa shape index (κ2) is 11.7. The second-order valence-electron chi connectivity index (χ2n) is 9.03. The Morgan fingerprint density at radius 1 is 1.00 bits per heavy atom. The molecule has 0 radical (unpaired) electrons. The average molecular weight is 664 g/mol. The van der Waals surface area contributed by atoms with E-state index in [1.54, 1.807) is 24.4 Å². The summed E-state index contributed by atoms with van der Waals surface area (Å²) in [5, 5.41) is 6.30. The highest BCUT2D eigenvalue weighted by molar-refractivity contribution is 9.10. The van der Waals surface area contributed by atoms with Crippen molar-refractivity contribution in [2.45, 2.75) is 44.6 Å². The van der Waals surface area contributed by atoms with Gasteiger partial charge in [0.25, 0.3) is 5.56 Å². The summed E-state index contributed by atoms with van der Waals surface area (Å²) >= 11 is 19.3. The fraction of sp³-hybridized carbons (Fsp3) is 0.250. The van der Waals surface area contributed by atoms with Crippen molar-refractivity contribution < 1.29 is 4.74 Å². The van der Waals surface area contributed by atoms with Gasteiger partial charge in [-0.1, -0.05) is 80.4 Å². The Labute approximate surface area is 241 Å². The molecule has 3 aromatic carbocycles. The smallest absolute Gasteiger partial charge is 0.282 e. The van der Waals surface area contributed by atoms with Gasteiger partial charge in [0.15, 0.2) is 0 Å². The van der Waals surface area contributed by atoms with Gasteiger partial charge >= 0.3 is 0 Å². The summed E-state index contributed by atoms with van der Waals surface area (Å²) in [6, 6.07) is 16.5. The second-order valence-corrected chi connectivity index (χ2v) is 11.7. The van der Waals surface area contributed by atoms with Gasteiger partial charge in [-0.05, 0) is 61.4 Å². The minimum absolute atomic E-state index is 0.187. The Bertz CT molecular complexity index is 1550. The molecule has 1 heterocycles. The molecule has 1 aliphatic carbocycles. The third-order valence-electron chi connectivity index (χ3n) is 6.49. The molecule has 0 spiro atoms. The Balaban J connectivity index is 1.53. The van der Waals surface area contributed by atoms with Crippen molar-refractivity contribution in [3.8, 4) is 5.75 Å². The van der Waals surface area contributed by atoms with E-state index in [0.717, 1.165) is 45.8 Å². The van der Waals surface area contributed by atoms with Gasteiger partial charge in [-0.25, -0.2) is 4.98 Å². The number of nitrogens with zero attached hydrogens (tertiary/aromatic N) is 3. The van der Waals surface area contributed by atoms with Gasteiger partial charge in [-0.2, -0.15) is 9.78 Å². The number of halogens is 4. The molecule has 5 nitrogen and oxygen atoms in total. The molecule has 0 bridgehead atoms. The fourth-order valence-corrected chi connectivity index (χ4v) is 5.77. The summed E-state index contributed by atoms with van der Waals surface area (Å²) in [6.07, 6.45) is 7.11. The molecule has 0 aliphatic heterocycles. The first-order chi connectivity index (χ1) is 17.9. The normalized spacial score (nSPS) is 14.5. The SMILES string of the molecule is O=c1c2cc(Br)ccc2nc(C2CCCCC2)n1N=Cc1cc(Br)ccc1OCc1ccc(Cl)cc1Cl. The van der Waals surface area contributed by atoms with Crippen molar-refractivity contribution >= 4 is 72.2 Å². The standard InChI is InChI=1S/C28H23Br2Cl2N3O2/c29-20-8-11-26(37-16-18-6-9-22(31)14-24(18)32)19(12-20)15-33-35-27(17-4-2-1-3-5-17)34-25-10-7-21(30)13-23(25)28(35)36/h6-15,17H,1-5,16H2. The van der Waals surface area contributed by atoms with Crippen molar-refractivity contribution in [3.05, 3.63) is 101 Å². The number of ether oxygens (including phenoxy) is 1. The first kappa shape index (κ1) is 26.4. The highest BCUT2D eigenvalue weighted by atomic mass is 79.9. The molecule has 1 aliphatic rings. The van der Waals surface area contributed by atoms with E-state index in [9.17, 15) is 4.79 Å². The lowest BCUT2D eigenvalue weighted by molar-refractivity contribution is 0.306. The van der Waals surface area contributed by atoms with E-state index >= 15 is 0 Å². The maximum absolute atomic E-state index is 13.6. The van der Waals surface area contributed by atoms with Crippen LogP contribution in [-0.4, -0.2) is 15.9 Å². The van der Waals surface area contributed by atoms with Crippen LogP contribution in [0.2, 0.25) is 10.0 Å². The van der Waals surface area contributed by atoms with Crippen LogP contribution in [-0.2, 0) is 6.61 Å². The van der Waals surface area contributed by atoms with E-state index in [1.165, 1.54) is 11.1 Å². The summed E-state index contributed by atoms with van der Waals surface area (Å²) < 4.78 is 9.25. The maximum atomic E-state index is 13.6. The topological polar surface area (TPSA) is 56.5 Å². The first-order valence-electron chi connectivity index (χ1n) is 12.0. The van der Waals surface area contributed by atoms with Crippen LogP contribution in [0.4, 0.5) is 0 Å². The third-order valence-corrected chi connectivity index (χ3v) is 8.06. The van der Waals surface area contributed by atoms with Crippen molar-refractivity contribution in [1.82, 2.24) is 9.66 Å². The summed E-state index contributed by atoms with van der Waals surface area (Å²) in [7, 11) is 0. The summed E-state index contributed by atoms with van der Waals surface area (Å²) in [6.45, 7) is 0.261. The molecule has 37 heavy (non-hydrogen) atoms. The van der Waals surface area contributed by atoms with Crippen molar-refractivity contribution in [2.24, 2.45) is 5.10 Å². The van der Waals surface area contributed by atoms with Gasteiger partial charge in [0, 0.05) is 36.0 Å². The predicted octanol–water partition coefficient (Wildman–Crippen LogP) is 8.74. The molecule has 1 saturated carbocycles. The fourth-order valence-electron chi connectivity index (χ4n) is 4.57. The molecule has 9 heteroatoms. The van der Waals surface area contributed by atoms with Gasteiger partial charge < -0.3 is 4.74 Å². The van der Waals surface area contributed by atoms with Gasteiger partial charge in [0.05, 0.1) is 17.1 Å². The molecule has 1 aromatic heterocycles. The largest absolute Gasteiger partial charge is 0.488 e. The number of aromatic nitrogens is 2. The predicted molar refractivity (Wildman–Crippen MR) is 157 cm³/mol.